The Morgan fingerprint density at radius 1 is 1.48 bits per heavy atom. The number of rotatable bonds is 4. The van der Waals surface area contributed by atoms with E-state index in [1.54, 1.807) is 12.1 Å². The summed E-state index contributed by atoms with van der Waals surface area (Å²) >= 11 is 6.04. The molecule has 0 spiro atoms. The van der Waals surface area contributed by atoms with Crippen LogP contribution in [0.15, 0.2) is 18.2 Å². The second-order valence-corrected chi connectivity index (χ2v) is 7.59. The summed E-state index contributed by atoms with van der Waals surface area (Å²) in [6.07, 6.45) is 0.369. The molecule has 0 bridgehead atoms. The van der Waals surface area contributed by atoms with Crippen LogP contribution >= 0.6 is 11.6 Å². The Labute approximate surface area is 128 Å². The first-order valence-electron chi connectivity index (χ1n) is 6.52. The molecule has 6 nitrogen and oxygen atoms in total. The number of aliphatic hydroxyl groups is 1. The maximum atomic E-state index is 12.6. The quantitative estimate of drug-likeness (QED) is 0.784. The summed E-state index contributed by atoms with van der Waals surface area (Å²) in [5.74, 6) is -0.445. The summed E-state index contributed by atoms with van der Waals surface area (Å²) in [4.78, 5) is 14.0. The number of halogens is 1. The van der Waals surface area contributed by atoms with Gasteiger partial charge in [0.1, 0.15) is 0 Å². The van der Waals surface area contributed by atoms with E-state index in [1.165, 1.54) is 11.0 Å². The normalized spacial score (nSPS) is 20.4. The molecule has 1 aromatic rings. The monoisotopic (exact) mass is 332 g/mol. The van der Waals surface area contributed by atoms with E-state index in [9.17, 15) is 13.2 Å². The van der Waals surface area contributed by atoms with Gasteiger partial charge in [-0.05, 0) is 18.6 Å². The summed E-state index contributed by atoms with van der Waals surface area (Å²) in [7, 11) is -3.13. The van der Waals surface area contributed by atoms with Crippen molar-refractivity contribution in [1.82, 2.24) is 4.90 Å². The molecule has 116 valence electrons. The Morgan fingerprint density at radius 3 is 2.76 bits per heavy atom. The van der Waals surface area contributed by atoms with E-state index >= 15 is 0 Å². The highest BCUT2D eigenvalue weighted by atomic mass is 35.5. The van der Waals surface area contributed by atoms with E-state index in [0.29, 0.717) is 6.42 Å². The Hall–Kier alpha value is -1.31. The smallest absolute Gasteiger partial charge is 0.255 e. The van der Waals surface area contributed by atoms with Gasteiger partial charge in [0.2, 0.25) is 0 Å². The molecule has 1 aliphatic rings. The number of aliphatic hydroxyl groups excluding tert-OH is 1. The van der Waals surface area contributed by atoms with Gasteiger partial charge in [-0.3, -0.25) is 4.79 Å². The van der Waals surface area contributed by atoms with Crippen molar-refractivity contribution in [2.75, 3.05) is 30.4 Å². The zero-order valence-corrected chi connectivity index (χ0v) is 12.9. The maximum absolute atomic E-state index is 12.6. The lowest BCUT2D eigenvalue weighted by Crippen LogP contribution is -2.43. The van der Waals surface area contributed by atoms with E-state index < -0.39 is 21.8 Å². The molecule has 1 atom stereocenters. The molecule has 1 unspecified atom stereocenters. The fourth-order valence-electron chi connectivity index (χ4n) is 2.45. The van der Waals surface area contributed by atoms with Crippen LogP contribution in [0, 0.1) is 0 Å². The molecule has 1 fully saturated rings. The number of hydrogen-bond acceptors (Lipinski definition) is 5. The van der Waals surface area contributed by atoms with E-state index in [2.05, 4.69) is 0 Å². The number of amides is 1. The van der Waals surface area contributed by atoms with Crippen LogP contribution in [-0.4, -0.2) is 55.0 Å². The van der Waals surface area contributed by atoms with Gasteiger partial charge in [0.25, 0.3) is 5.91 Å². The Balaban J connectivity index is 2.30. The van der Waals surface area contributed by atoms with Gasteiger partial charge < -0.3 is 15.7 Å². The summed E-state index contributed by atoms with van der Waals surface area (Å²) in [6, 6.07) is 4.29. The lowest BCUT2D eigenvalue weighted by Gasteiger charge is -2.28. The molecule has 1 aliphatic heterocycles. The lowest BCUT2D eigenvalue weighted by molar-refractivity contribution is 0.0655. The minimum atomic E-state index is -3.13. The fraction of sp³-hybridized carbons (Fsp3) is 0.462. The minimum absolute atomic E-state index is 0.0531. The summed E-state index contributed by atoms with van der Waals surface area (Å²) in [6.45, 7) is -0.188. The molecule has 1 heterocycles. The summed E-state index contributed by atoms with van der Waals surface area (Å²) in [5, 5.41) is 9.29. The molecular weight excluding hydrogens is 316 g/mol. The van der Waals surface area contributed by atoms with Gasteiger partial charge in [-0.15, -0.1) is 0 Å². The number of sulfone groups is 1. The minimum Gasteiger partial charge on any atom is -0.398 e. The summed E-state index contributed by atoms with van der Waals surface area (Å²) < 4.78 is 23.2. The van der Waals surface area contributed by atoms with E-state index in [1.807, 2.05) is 0 Å². The first kappa shape index (κ1) is 16.1. The maximum Gasteiger partial charge on any atom is 0.255 e. The summed E-state index contributed by atoms with van der Waals surface area (Å²) in [5.41, 5.74) is 6.18. The van der Waals surface area contributed by atoms with Crippen molar-refractivity contribution in [3.63, 3.8) is 0 Å². The van der Waals surface area contributed by atoms with Crippen molar-refractivity contribution in [1.29, 1.82) is 0 Å². The van der Waals surface area contributed by atoms with Gasteiger partial charge in [0.15, 0.2) is 9.84 Å². The number of carbonyl (C=O) groups excluding carboxylic acids is 1. The Morgan fingerprint density at radius 2 is 2.19 bits per heavy atom. The van der Waals surface area contributed by atoms with Gasteiger partial charge in [0.05, 0.1) is 34.4 Å². The Bertz CT molecular complexity index is 648. The molecule has 0 aliphatic carbocycles. The van der Waals surface area contributed by atoms with Crippen LogP contribution in [0.3, 0.4) is 0 Å². The predicted molar refractivity (Wildman–Crippen MR) is 81.0 cm³/mol. The SMILES string of the molecule is Nc1cccc(C(=O)N(CCO)C2CCS(=O)(=O)C2)c1Cl. The second kappa shape index (κ2) is 6.21. The third-order valence-corrected chi connectivity index (χ3v) is 5.68. The number of nitrogens with zero attached hydrogens (tertiary/aromatic N) is 1. The van der Waals surface area contributed by atoms with Crippen LogP contribution in [0.1, 0.15) is 16.8 Å². The highest BCUT2D eigenvalue weighted by Gasteiger charge is 2.35. The highest BCUT2D eigenvalue weighted by molar-refractivity contribution is 7.91. The molecule has 2 rings (SSSR count). The molecule has 3 N–H and O–H groups in total. The topological polar surface area (TPSA) is 101 Å². The van der Waals surface area contributed by atoms with Crippen LogP contribution in [0.4, 0.5) is 5.69 Å². The molecule has 1 amide bonds. The number of nitrogen functional groups attached to an aromatic ring is 1. The highest BCUT2D eigenvalue weighted by Crippen LogP contribution is 2.26. The van der Waals surface area contributed by atoms with Crippen molar-refractivity contribution in [3.05, 3.63) is 28.8 Å². The first-order valence-corrected chi connectivity index (χ1v) is 8.72. The standard InChI is InChI=1S/C13H17ClN2O4S/c14-12-10(2-1-3-11(12)15)13(18)16(5-6-17)9-4-7-21(19,20)8-9/h1-3,9,17H,4-8,15H2. The van der Waals surface area contributed by atoms with Crippen LogP contribution in [-0.2, 0) is 9.84 Å². The number of anilines is 1. The van der Waals surface area contributed by atoms with Crippen LogP contribution in [0.2, 0.25) is 5.02 Å². The van der Waals surface area contributed by atoms with Crippen LogP contribution in [0.5, 0.6) is 0 Å². The molecule has 0 radical (unpaired) electrons. The fourth-order valence-corrected chi connectivity index (χ4v) is 4.39. The van der Waals surface area contributed by atoms with Crippen LogP contribution < -0.4 is 5.73 Å². The average Bonchev–Trinajstić information content (AvgIpc) is 2.78. The Kier molecular flexibility index (Phi) is 4.75. The number of hydrogen-bond donors (Lipinski definition) is 2. The van der Waals surface area contributed by atoms with Crippen molar-refractivity contribution in [2.45, 2.75) is 12.5 Å². The van der Waals surface area contributed by atoms with E-state index in [0.717, 1.165) is 0 Å². The molecule has 0 aromatic heterocycles. The number of nitrogens with two attached hydrogens (primary N) is 1. The van der Waals surface area contributed by atoms with Gasteiger partial charge in [-0.1, -0.05) is 17.7 Å². The van der Waals surface area contributed by atoms with Crippen LogP contribution in [0.25, 0.3) is 0 Å². The molecular formula is C13H17ClN2O4S. The zero-order valence-electron chi connectivity index (χ0n) is 11.3. The molecule has 1 aromatic carbocycles. The van der Waals surface area contributed by atoms with Crippen molar-refractivity contribution < 1.29 is 18.3 Å². The van der Waals surface area contributed by atoms with Crippen molar-refractivity contribution >= 4 is 33.0 Å². The van der Waals surface area contributed by atoms with E-state index in [4.69, 9.17) is 22.4 Å². The number of carbonyl (C=O) groups is 1. The average molecular weight is 333 g/mol. The first-order chi connectivity index (χ1) is 9.85. The third kappa shape index (κ3) is 3.48. The van der Waals surface area contributed by atoms with Gasteiger partial charge in [-0.25, -0.2) is 8.42 Å². The van der Waals surface area contributed by atoms with E-state index in [-0.39, 0.29) is 40.9 Å². The van der Waals surface area contributed by atoms with Crippen molar-refractivity contribution in [2.24, 2.45) is 0 Å². The van der Waals surface area contributed by atoms with Gasteiger partial charge in [-0.2, -0.15) is 0 Å². The molecule has 0 saturated carbocycles. The number of benzene rings is 1. The van der Waals surface area contributed by atoms with Gasteiger partial charge >= 0.3 is 0 Å². The largest absolute Gasteiger partial charge is 0.398 e. The second-order valence-electron chi connectivity index (χ2n) is 4.99. The molecule has 21 heavy (non-hydrogen) atoms. The zero-order chi connectivity index (χ0) is 15.6. The third-order valence-electron chi connectivity index (χ3n) is 3.51. The predicted octanol–water partition coefficient (Wildman–Crippen LogP) is 0.544. The lowest BCUT2D eigenvalue weighted by atomic mass is 10.1. The molecule has 1 saturated heterocycles. The molecule has 8 heteroatoms. The van der Waals surface area contributed by atoms with Crippen molar-refractivity contribution in [3.8, 4) is 0 Å². The van der Waals surface area contributed by atoms with Gasteiger partial charge in [0, 0.05) is 12.6 Å².